The Morgan fingerprint density at radius 1 is 1.17 bits per heavy atom. The molecule has 29 heavy (non-hydrogen) atoms. The third-order valence-corrected chi connectivity index (χ3v) is 6.03. The second-order valence-corrected chi connectivity index (χ2v) is 8.64. The molecule has 0 unspecified atom stereocenters. The van der Waals surface area contributed by atoms with Gasteiger partial charge in [0.2, 0.25) is 11.8 Å². The van der Waals surface area contributed by atoms with Crippen molar-refractivity contribution in [1.82, 2.24) is 10.2 Å². The van der Waals surface area contributed by atoms with E-state index in [1.807, 2.05) is 32.0 Å². The van der Waals surface area contributed by atoms with Gasteiger partial charge in [-0.2, -0.15) is 0 Å². The third kappa shape index (κ3) is 7.25. The van der Waals surface area contributed by atoms with Crippen LogP contribution in [0.15, 0.2) is 42.5 Å². The van der Waals surface area contributed by atoms with Crippen molar-refractivity contribution in [3.63, 3.8) is 0 Å². The number of rotatable bonds is 9. The van der Waals surface area contributed by atoms with Crippen molar-refractivity contribution < 1.29 is 9.59 Å². The number of halogens is 2. The summed E-state index contributed by atoms with van der Waals surface area (Å²) in [7, 11) is 0. The van der Waals surface area contributed by atoms with Gasteiger partial charge in [0.05, 0.1) is 5.75 Å². The van der Waals surface area contributed by atoms with Crippen molar-refractivity contribution in [2.75, 3.05) is 12.3 Å². The van der Waals surface area contributed by atoms with Crippen molar-refractivity contribution in [2.45, 2.75) is 39.1 Å². The molecule has 0 radical (unpaired) electrons. The molecule has 0 bridgehead atoms. The topological polar surface area (TPSA) is 49.4 Å². The predicted octanol–water partition coefficient (Wildman–Crippen LogP) is 5.09. The Hall–Kier alpha value is -1.69. The largest absolute Gasteiger partial charge is 0.355 e. The fraction of sp³-hybridized carbons (Fsp3) is 0.364. The molecule has 2 aromatic rings. The number of hydrogen-bond donors (Lipinski definition) is 1. The Kier molecular flexibility index (Phi) is 9.34. The van der Waals surface area contributed by atoms with Crippen LogP contribution in [0.5, 0.6) is 0 Å². The minimum Gasteiger partial charge on any atom is -0.355 e. The lowest BCUT2D eigenvalue weighted by atomic mass is 10.1. The first-order valence-corrected chi connectivity index (χ1v) is 11.4. The smallest absolute Gasteiger partial charge is 0.242 e. The van der Waals surface area contributed by atoms with Gasteiger partial charge in [-0.1, -0.05) is 59.1 Å². The van der Waals surface area contributed by atoms with Crippen molar-refractivity contribution in [3.05, 3.63) is 69.2 Å². The van der Waals surface area contributed by atoms with E-state index in [2.05, 4.69) is 11.4 Å². The Balaban J connectivity index is 2.10. The summed E-state index contributed by atoms with van der Waals surface area (Å²) in [5.74, 6) is 0.725. The molecule has 0 saturated heterocycles. The Bertz CT molecular complexity index is 860. The number of nitrogens with zero attached hydrogens (tertiary/aromatic N) is 1. The molecule has 0 aliphatic carbocycles. The van der Waals surface area contributed by atoms with Crippen LogP contribution in [0.4, 0.5) is 0 Å². The predicted molar refractivity (Wildman–Crippen MR) is 122 cm³/mol. The van der Waals surface area contributed by atoms with Gasteiger partial charge in [-0.05, 0) is 44.0 Å². The summed E-state index contributed by atoms with van der Waals surface area (Å²) in [6.07, 6.45) is 0. The summed E-state index contributed by atoms with van der Waals surface area (Å²) in [5.41, 5.74) is 3.12. The molecule has 2 aromatic carbocycles. The molecular formula is C22H26Cl2N2O2S. The first-order chi connectivity index (χ1) is 13.8. The number of carbonyl (C=O) groups excluding carboxylic acids is 2. The van der Waals surface area contributed by atoms with E-state index in [4.69, 9.17) is 23.2 Å². The Morgan fingerprint density at radius 3 is 2.59 bits per heavy atom. The van der Waals surface area contributed by atoms with E-state index in [9.17, 15) is 9.59 Å². The molecule has 1 atom stereocenters. The highest BCUT2D eigenvalue weighted by Gasteiger charge is 2.26. The van der Waals surface area contributed by atoms with Crippen LogP contribution in [0.25, 0.3) is 0 Å². The van der Waals surface area contributed by atoms with Gasteiger partial charge < -0.3 is 10.2 Å². The summed E-state index contributed by atoms with van der Waals surface area (Å²) in [6.45, 7) is 6.39. The number of hydrogen-bond acceptors (Lipinski definition) is 3. The Morgan fingerprint density at radius 2 is 1.93 bits per heavy atom. The lowest BCUT2D eigenvalue weighted by molar-refractivity contribution is -0.138. The van der Waals surface area contributed by atoms with Crippen LogP contribution >= 0.6 is 35.0 Å². The van der Waals surface area contributed by atoms with Gasteiger partial charge in [0.25, 0.3) is 0 Å². The third-order valence-electron chi connectivity index (χ3n) is 4.45. The van der Waals surface area contributed by atoms with Crippen molar-refractivity contribution in [1.29, 1.82) is 0 Å². The number of amides is 2. The first kappa shape index (κ1) is 23.6. The van der Waals surface area contributed by atoms with Gasteiger partial charge in [-0.3, -0.25) is 9.59 Å². The van der Waals surface area contributed by atoms with E-state index in [1.54, 1.807) is 30.0 Å². The first-order valence-electron chi connectivity index (χ1n) is 9.46. The lowest BCUT2D eigenvalue weighted by Gasteiger charge is -2.29. The molecular weight excluding hydrogens is 427 g/mol. The molecule has 4 nitrogen and oxygen atoms in total. The summed E-state index contributed by atoms with van der Waals surface area (Å²) in [5, 5.41) is 3.79. The van der Waals surface area contributed by atoms with Gasteiger partial charge in [-0.25, -0.2) is 0 Å². The van der Waals surface area contributed by atoms with Crippen LogP contribution < -0.4 is 5.32 Å². The highest BCUT2D eigenvalue weighted by atomic mass is 35.5. The van der Waals surface area contributed by atoms with Gasteiger partial charge in [0.1, 0.15) is 6.04 Å². The molecule has 0 saturated carbocycles. The van der Waals surface area contributed by atoms with E-state index in [0.717, 1.165) is 11.3 Å². The monoisotopic (exact) mass is 452 g/mol. The Labute approximate surface area is 187 Å². The molecule has 0 aliphatic rings. The second kappa shape index (κ2) is 11.5. The molecule has 7 heteroatoms. The van der Waals surface area contributed by atoms with Crippen LogP contribution in [0, 0.1) is 6.92 Å². The maximum absolute atomic E-state index is 13.0. The molecule has 2 amide bonds. The van der Waals surface area contributed by atoms with Gasteiger partial charge in [0.15, 0.2) is 0 Å². The van der Waals surface area contributed by atoms with Crippen LogP contribution in [0.1, 0.15) is 30.5 Å². The van der Waals surface area contributed by atoms with E-state index in [1.165, 1.54) is 22.9 Å². The lowest BCUT2D eigenvalue weighted by Crippen LogP contribution is -2.48. The highest BCUT2D eigenvalue weighted by molar-refractivity contribution is 7.99. The average Bonchev–Trinajstić information content (AvgIpc) is 2.67. The van der Waals surface area contributed by atoms with Crippen molar-refractivity contribution in [2.24, 2.45) is 0 Å². The van der Waals surface area contributed by atoms with Crippen LogP contribution in [0.2, 0.25) is 10.0 Å². The van der Waals surface area contributed by atoms with E-state index in [0.29, 0.717) is 16.6 Å². The number of thioether (sulfide) groups is 1. The van der Waals surface area contributed by atoms with Crippen LogP contribution in [-0.2, 0) is 21.9 Å². The number of aryl methyl sites for hydroxylation is 1. The second-order valence-electron chi connectivity index (χ2n) is 6.81. The quantitative estimate of drug-likeness (QED) is 0.576. The summed E-state index contributed by atoms with van der Waals surface area (Å²) in [6, 6.07) is 12.8. The molecule has 0 spiro atoms. The van der Waals surface area contributed by atoms with E-state index < -0.39 is 6.04 Å². The molecule has 0 aliphatic heterocycles. The fourth-order valence-electron chi connectivity index (χ4n) is 2.88. The minimum atomic E-state index is -0.603. The molecule has 1 N–H and O–H groups in total. The van der Waals surface area contributed by atoms with Crippen LogP contribution in [0.3, 0.4) is 0 Å². The molecule has 0 heterocycles. The highest BCUT2D eigenvalue weighted by Crippen LogP contribution is 2.24. The summed E-state index contributed by atoms with van der Waals surface area (Å²) < 4.78 is 0. The number of likely N-dealkylation sites (N-methyl/N-ethyl adjacent to an activating group) is 1. The van der Waals surface area contributed by atoms with Gasteiger partial charge >= 0.3 is 0 Å². The molecule has 2 rings (SSSR count). The fourth-order valence-corrected chi connectivity index (χ4v) is 4.21. The molecule has 156 valence electrons. The van der Waals surface area contributed by atoms with Gasteiger partial charge in [-0.15, -0.1) is 11.8 Å². The molecule has 0 aromatic heterocycles. The zero-order valence-corrected chi connectivity index (χ0v) is 19.2. The number of nitrogens with one attached hydrogen (secondary N) is 1. The number of benzene rings is 2. The zero-order chi connectivity index (χ0) is 21.4. The van der Waals surface area contributed by atoms with E-state index >= 15 is 0 Å². The SMILES string of the molecule is CCNC(=O)[C@H](C)N(Cc1ccc(Cl)cc1Cl)C(=O)CSCc1cccc(C)c1. The average molecular weight is 453 g/mol. The van der Waals surface area contributed by atoms with Gasteiger partial charge in [0, 0.05) is 28.9 Å². The minimum absolute atomic E-state index is 0.104. The van der Waals surface area contributed by atoms with E-state index in [-0.39, 0.29) is 24.1 Å². The normalized spacial score (nSPS) is 11.8. The van der Waals surface area contributed by atoms with Crippen molar-refractivity contribution >= 4 is 46.8 Å². The standard InChI is InChI=1S/C22H26Cl2N2O2S/c1-4-25-22(28)16(3)26(12-18-8-9-19(23)11-20(18)24)21(27)14-29-13-17-7-5-6-15(2)10-17/h5-11,16H,4,12-14H2,1-3H3,(H,25,28)/t16-/m0/s1. The summed E-state index contributed by atoms with van der Waals surface area (Å²) in [4.78, 5) is 26.9. The maximum Gasteiger partial charge on any atom is 0.242 e. The van der Waals surface area contributed by atoms with Crippen LogP contribution in [-0.4, -0.2) is 35.1 Å². The van der Waals surface area contributed by atoms with Crippen molar-refractivity contribution in [3.8, 4) is 0 Å². The summed E-state index contributed by atoms with van der Waals surface area (Å²) >= 11 is 13.8. The zero-order valence-electron chi connectivity index (χ0n) is 16.9. The number of carbonyl (C=O) groups is 2. The maximum atomic E-state index is 13.0. The molecule has 0 fully saturated rings.